The molecule has 0 aliphatic carbocycles. The van der Waals surface area contributed by atoms with Gasteiger partial charge in [0.25, 0.3) is 0 Å². The van der Waals surface area contributed by atoms with Gasteiger partial charge in [-0.15, -0.1) is 10.2 Å². The maximum absolute atomic E-state index is 12.2. The van der Waals surface area contributed by atoms with Crippen LogP contribution in [0.5, 0.6) is 0 Å². The van der Waals surface area contributed by atoms with Crippen LogP contribution in [-0.2, 0) is 16.0 Å². The maximum Gasteiger partial charge on any atom is 0.227 e. The number of hydrogen-bond acceptors (Lipinski definition) is 5. The van der Waals surface area contributed by atoms with Crippen LogP contribution in [0, 0.1) is 0 Å². The molecule has 2 amide bonds. The number of anilines is 2. The smallest absolute Gasteiger partial charge is 0.227 e. The Morgan fingerprint density at radius 2 is 2.08 bits per heavy atom. The number of hydrogen-bond donors (Lipinski definition) is 1. The Labute approximate surface area is 144 Å². The second kappa shape index (κ2) is 7.09. The third-order valence-corrected chi connectivity index (χ3v) is 5.07. The fourth-order valence-corrected chi connectivity index (χ4v) is 3.42. The molecule has 1 aliphatic heterocycles. The first-order valence-electron chi connectivity index (χ1n) is 8.06. The zero-order valence-corrected chi connectivity index (χ0v) is 14.6. The van der Waals surface area contributed by atoms with Crippen molar-refractivity contribution in [1.29, 1.82) is 0 Å². The van der Waals surface area contributed by atoms with Gasteiger partial charge in [-0.1, -0.05) is 43.4 Å². The van der Waals surface area contributed by atoms with Crippen LogP contribution in [0.25, 0.3) is 0 Å². The highest BCUT2D eigenvalue weighted by Crippen LogP contribution is 2.27. The summed E-state index contributed by atoms with van der Waals surface area (Å²) in [6.45, 7) is 4.44. The van der Waals surface area contributed by atoms with Gasteiger partial charge in [0.05, 0.1) is 0 Å². The Kier molecular flexibility index (Phi) is 4.89. The van der Waals surface area contributed by atoms with E-state index in [0.29, 0.717) is 18.1 Å². The van der Waals surface area contributed by atoms with Crippen molar-refractivity contribution >= 4 is 34.0 Å². The first-order chi connectivity index (χ1) is 11.5. The highest BCUT2D eigenvalue weighted by Gasteiger charge is 2.24. The molecule has 1 aliphatic rings. The molecule has 0 saturated carbocycles. The van der Waals surface area contributed by atoms with E-state index in [0.717, 1.165) is 22.7 Å². The summed E-state index contributed by atoms with van der Waals surface area (Å²) >= 11 is 1.39. The molecule has 1 aromatic carbocycles. The first kappa shape index (κ1) is 16.6. The van der Waals surface area contributed by atoms with E-state index in [9.17, 15) is 9.59 Å². The number of fused-ring (bicyclic) bond motifs is 1. The van der Waals surface area contributed by atoms with Gasteiger partial charge in [-0.2, -0.15) is 0 Å². The third kappa shape index (κ3) is 3.62. The SMILES string of the molecule is CC(C)c1nnc(NC(=O)CCN2C(=O)CCc3ccccc32)s1. The fourth-order valence-electron chi connectivity index (χ4n) is 2.66. The van der Waals surface area contributed by atoms with E-state index < -0.39 is 0 Å². The molecule has 126 valence electrons. The van der Waals surface area contributed by atoms with Crippen LogP contribution < -0.4 is 10.2 Å². The Balaban J connectivity index is 1.60. The van der Waals surface area contributed by atoms with Gasteiger partial charge in [0.2, 0.25) is 16.9 Å². The van der Waals surface area contributed by atoms with Gasteiger partial charge in [-0.25, -0.2) is 0 Å². The number of carbonyl (C=O) groups is 2. The van der Waals surface area contributed by atoms with Gasteiger partial charge < -0.3 is 10.2 Å². The molecule has 24 heavy (non-hydrogen) atoms. The van der Waals surface area contributed by atoms with Gasteiger partial charge in [-0.3, -0.25) is 9.59 Å². The number of para-hydroxylation sites is 1. The molecule has 0 fully saturated rings. The van der Waals surface area contributed by atoms with E-state index in [1.807, 2.05) is 38.1 Å². The molecule has 0 atom stereocenters. The minimum absolute atomic E-state index is 0.0690. The Hall–Kier alpha value is -2.28. The van der Waals surface area contributed by atoms with Gasteiger partial charge in [0.15, 0.2) is 0 Å². The fraction of sp³-hybridized carbons (Fsp3) is 0.412. The number of rotatable bonds is 5. The monoisotopic (exact) mass is 344 g/mol. The molecule has 0 spiro atoms. The lowest BCUT2D eigenvalue weighted by Gasteiger charge is -2.29. The molecule has 3 rings (SSSR count). The zero-order chi connectivity index (χ0) is 17.1. The molecule has 2 aromatic rings. The summed E-state index contributed by atoms with van der Waals surface area (Å²) in [7, 11) is 0. The van der Waals surface area contributed by atoms with Crippen LogP contribution in [-0.4, -0.2) is 28.6 Å². The molecule has 0 saturated heterocycles. The number of aryl methyl sites for hydroxylation is 1. The van der Waals surface area contributed by atoms with E-state index >= 15 is 0 Å². The highest BCUT2D eigenvalue weighted by molar-refractivity contribution is 7.15. The van der Waals surface area contributed by atoms with Gasteiger partial charge >= 0.3 is 0 Å². The van der Waals surface area contributed by atoms with Crippen molar-refractivity contribution in [3.05, 3.63) is 34.8 Å². The standard InChI is InChI=1S/C17H20N4O2S/c1-11(2)16-19-20-17(24-16)18-14(22)9-10-21-13-6-4-3-5-12(13)7-8-15(21)23/h3-6,11H,7-10H2,1-2H3,(H,18,20,22). The van der Waals surface area contributed by atoms with Crippen molar-refractivity contribution in [2.24, 2.45) is 0 Å². The molecular formula is C17H20N4O2S. The van der Waals surface area contributed by atoms with Crippen molar-refractivity contribution in [3.63, 3.8) is 0 Å². The summed E-state index contributed by atoms with van der Waals surface area (Å²) in [5, 5.41) is 12.2. The molecule has 0 bridgehead atoms. The molecule has 2 heterocycles. The second-order valence-corrected chi connectivity index (χ2v) is 7.08. The number of nitrogens with one attached hydrogen (secondary N) is 1. The van der Waals surface area contributed by atoms with Crippen molar-refractivity contribution in [1.82, 2.24) is 10.2 Å². The van der Waals surface area contributed by atoms with Crippen LogP contribution in [0.2, 0.25) is 0 Å². The van der Waals surface area contributed by atoms with Gasteiger partial charge in [0, 0.05) is 31.0 Å². The van der Waals surface area contributed by atoms with Gasteiger partial charge in [-0.05, 0) is 18.1 Å². The quantitative estimate of drug-likeness (QED) is 0.905. The lowest BCUT2D eigenvalue weighted by atomic mass is 10.0. The summed E-state index contributed by atoms with van der Waals surface area (Å²) in [6, 6.07) is 7.86. The van der Waals surface area contributed by atoms with Crippen LogP contribution in [0.4, 0.5) is 10.8 Å². The average molecular weight is 344 g/mol. The summed E-state index contributed by atoms with van der Waals surface area (Å²) in [4.78, 5) is 26.0. The summed E-state index contributed by atoms with van der Waals surface area (Å²) < 4.78 is 0. The minimum Gasteiger partial charge on any atom is -0.312 e. The predicted molar refractivity (Wildman–Crippen MR) is 94.4 cm³/mol. The van der Waals surface area contributed by atoms with E-state index in [-0.39, 0.29) is 24.2 Å². The molecule has 0 unspecified atom stereocenters. The van der Waals surface area contributed by atoms with Crippen LogP contribution in [0.3, 0.4) is 0 Å². The number of carbonyl (C=O) groups excluding carboxylic acids is 2. The van der Waals surface area contributed by atoms with E-state index in [4.69, 9.17) is 0 Å². The van der Waals surface area contributed by atoms with Crippen LogP contribution in [0.15, 0.2) is 24.3 Å². The van der Waals surface area contributed by atoms with Crippen molar-refractivity contribution < 1.29 is 9.59 Å². The summed E-state index contributed by atoms with van der Waals surface area (Å²) in [5.41, 5.74) is 2.07. The largest absolute Gasteiger partial charge is 0.312 e. The highest BCUT2D eigenvalue weighted by atomic mass is 32.1. The number of benzene rings is 1. The number of amides is 2. The summed E-state index contributed by atoms with van der Waals surface area (Å²) in [6.07, 6.45) is 1.49. The lowest BCUT2D eigenvalue weighted by molar-refractivity contribution is -0.119. The van der Waals surface area contributed by atoms with E-state index in [1.165, 1.54) is 11.3 Å². The topological polar surface area (TPSA) is 75.2 Å². The number of nitrogens with zero attached hydrogens (tertiary/aromatic N) is 3. The van der Waals surface area contributed by atoms with Crippen LogP contribution in [0.1, 0.15) is 43.2 Å². The van der Waals surface area contributed by atoms with E-state index in [2.05, 4.69) is 15.5 Å². The summed E-state index contributed by atoms with van der Waals surface area (Å²) in [5.74, 6) is 0.201. The minimum atomic E-state index is -0.155. The third-order valence-electron chi connectivity index (χ3n) is 3.94. The maximum atomic E-state index is 12.2. The zero-order valence-electron chi connectivity index (χ0n) is 13.8. The molecule has 6 nitrogen and oxygen atoms in total. The Morgan fingerprint density at radius 3 is 2.83 bits per heavy atom. The van der Waals surface area contributed by atoms with Crippen LogP contribution >= 0.6 is 11.3 Å². The molecule has 7 heteroatoms. The van der Waals surface area contributed by atoms with Crippen molar-refractivity contribution in [2.75, 3.05) is 16.8 Å². The van der Waals surface area contributed by atoms with Crippen molar-refractivity contribution in [2.45, 2.75) is 39.0 Å². The molecule has 0 radical (unpaired) electrons. The Morgan fingerprint density at radius 1 is 1.29 bits per heavy atom. The first-order valence-corrected chi connectivity index (χ1v) is 8.88. The number of aromatic nitrogens is 2. The van der Waals surface area contributed by atoms with E-state index in [1.54, 1.807) is 4.90 Å². The molecule has 1 N–H and O–H groups in total. The lowest BCUT2D eigenvalue weighted by Crippen LogP contribution is -2.37. The van der Waals surface area contributed by atoms with Crippen molar-refractivity contribution in [3.8, 4) is 0 Å². The normalized spacial score (nSPS) is 14.0. The average Bonchev–Trinajstić information content (AvgIpc) is 3.02. The predicted octanol–water partition coefficient (Wildman–Crippen LogP) is 2.97. The second-order valence-electron chi connectivity index (χ2n) is 6.07. The Bertz CT molecular complexity index is 757. The van der Waals surface area contributed by atoms with Gasteiger partial charge in [0.1, 0.15) is 5.01 Å². The molecular weight excluding hydrogens is 324 g/mol. The molecule has 1 aromatic heterocycles.